The van der Waals surface area contributed by atoms with Gasteiger partial charge in [0.05, 0.1) is 12.1 Å². The molecule has 1 aromatic carbocycles. The fraction of sp³-hybridized carbons (Fsp3) is 0.526. The first kappa shape index (κ1) is 19.2. The largest absolute Gasteiger partial charge is 0.391 e. The lowest BCUT2D eigenvalue weighted by Gasteiger charge is -2.35. The number of fused-ring (bicyclic) bond motifs is 1. The third-order valence-electron chi connectivity index (χ3n) is 5.10. The molecule has 2 fully saturated rings. The summed E-state index contributed by atoms with van der Waals surface area (Å²) in [5.74, 6) is -0.198. The lowest BCUT2D eigenvalue weighted by atomic mass is 10.0. The van der Waals surface area contributed by atoms with Crippen molar-refractivity contribution in [3.05, 3.63) is 29.8 Å². The Morgan fingerprint density at radius 3 is 2.48 bits per heavy atom. The first-order chi connectivity index (χ1) is 12.8. The van der Waals surface area contributed by atoms with Crippen molar-refractivity contribution in [3.8, 4) is 0 Å². The van der Waals surface area contributed by atoms with E-state index in [1.54, 1.807) is 0 Å². The number of nitrogens with zero attached hydrogens (tertiary/aromatic N) is 1. The van der Waals surface area contributed by atoms with Gasteiger partial charge in [-0.25, -0.2) is 4.79 Å². The Bertz CT molecular complexity index is 732. The van der Waals surface area contributed by atoms with E-state index in [1.165, 1.54) is 17.4 Å². The van der Waals surface area contributed by atoms with Crippen molar-refractivity contribution in [1.82, 2.24) is 15.5 Å². The molecule has 0 aliphatic carbocycles. The number of carbonyl (C=O) groups is 3. The minimum atomic E-state index is -0.966. The molecule has 0 spiro atoms. The molecule has 27 heavy (non-hydrogen) atoms. The number of amides is 4. The van der Waals surface area contributed by atoms with Crippen LogP contribution in [0.15, 0.2) is 24.3 Å². The van der Waals surface area contributed by atoms with Gasteiger partial charge in [0.1, 0.15) is 12.1 Å². The Morgan fingerprint density at radius 2 is 1.89 bits per heavy atom. The number of hydrogen-bond donors (Lipinski definition) is 4. The molecule has 2 heterocycles. The average Bonchev–Trinajstić information content (AvgIpc) is 3.02. The zero-order valence-corrected chi connectivity index (χ0v) is 15.7. The molecular weight excluding hydrogens is 348 g/mol. The fourth-order valence-corrected chi connectivity index (χ4v) is 3.55. The number of nitrogens with one attached hydrogen (secondary N) is 3. The summed E-state index contributed by atoms with van der Waals surface area (Å²) in [6, 6.07) is 5.38. The van der Waals surface area contributed by atoms with Crippen molar-refractivity contribution >= 4 is 23.5 Å². The maximum absolute atomic E-state index is 12.4. The Morgan fingerprint density at radius 1 is 1.22 bits per heavy atom. The second-order valence-electron chi connectivity index (χ2n) is 7.54. The van der Waals surface area contributed by atoms with Gasteiger partial charge in [0.15, 0.2) is 0 Å². The van der Waals surface area contributed by atoms with Gasteiger partial charge in [-0.2, -0.15) is 0 Å². The highest BCUT2D eigenvalue weighted by molar-refractivity contribution is 5.98. The predicted octanol–water partition coefficient (Wildman–Crippen LogP) is 0.780. The predicted molar refractivity (Wildman–Crippen MR) is 100 cm³/mol. The van der Waals surface area contributed by atoms with Crippen molar-refractivity contribution in [2.75, 3.05) is 11.9 Å². The SMILES string of the molecule is CC(C)c1ccc(NC(=O)N[C@H]2C[C@H]3C(=O)N[C@H]([C@H](C)O)C(=O)N3C2)cc1. The molecule has 4 atom stereocenters. The van der Waals surface area contributed by atoms with E-state index in [1.807, 2.05) is 24.3 Å². The van der Waals surface area contributed by atoms with E-state index in [0.717, 1.165) is 0 Å². The summed E-state index contributed by atoms with van der Waals surface area (Å²) in [4.78, 5) is 38.3. The molecule has 146 valence electrons. The summed E-state index contributed by atoms with van der Waals surface area (Å²) in [7, 11) is 0. The maximum Gasteiger partial charge on any atom is 0.319 e. The average molecular weight is 374 g/mol. The summed E-state index contributed by atoms with van der Waals surface area (Å²) in [5.41, 5.74) is 1.86. The Hall–Kier alpha value is -2.61. The Labute approximate surface area is 158 Å². The molecule has 4 amide bonds. The second kappa shape index (κ2) is 7.56. The van der Waals surface area contributed by atoms with Crippen LogP contribution in [0, 0.1) is 0 Å². The van der Waals surface area contributed by atoms with Crippen LogP contribution in [0.4, 0.5) is 10.5 Å². The fourth-order valence-electron chi connectivity index (χ4n) is 3.55. The second-order valence-corrected chi connectivity index (χ2v) is 7.54. The number of carbonyl (C=O) groups excluding carboxylic acids is 3. The molecular formula is C19H26N4O4. The van der Waals surface area contributed by atoms with E-state index in [0.29, 0.717) is 18.0 Å². The van der Waals surface area contributed by atoms with Gasteiger partial charge in [0.2, 0.25) is 11.8 Å². The van der Waals surface area contributed by atoms with Crippen LogP contribution >= 0.6 is 0 Å². The number of aliphatic hydroxyl groups is 1. The summed E-state index contributed by atoms with van der Waals surface area (Å²) in [6.07, 6.45) is -0.615. The number of benzene rings is 1. The molecule has 4 N–H and O–H groups in total. The van der Waals surface area contributed by atoms with Crippen LogP contribution in [0.2, 0.25) is 0 Å². The Balaban J connectivity index is 1.58. The molecule has 2 aliphatic rings. The normalized spacial score (nSPS) is 25.8. The molecule has 0 aromatic heterocycles. The Kier molecular flexibility index (Phi) is 5.36. The summed E-state index contributed by atoms with van der Waals surface area (Å²) < 4.78 is 0. The van der Waals surface area contributed by atoms with Gasteiger partial charge in [0, 0.05) is 12.2 Å². The van der Waals surface area contributed by atoms with Crippen molar-refractivity contribution in [3.63, 3.8) is 0 Å². The van der Waals surface area contributed by atoms with Crippen LogP contribution < -0.4 is 16.0 Å². The molecule has 2 saturated heterocycles. The van der Waals surface area contributed by atoms with Crippen LogP contribution in [0.25, 0.3) is 0 Å². The first-order valence-electron chi connectivity index (χ1n) is 9.22. The van der Waals surface area contributed by atoms with E-state index < -0.39 is 18.2 Å². The number of anilines is 1. The van der Waals surface area contributed by atoms with E-state index >= 15 is 0 Å². The van der Waals surface area contributed by atoms with Gasteiger partial charge in [-0.15, -0.1) is 0 Å². The van der Waals surface area contributed by atoms with Crippen molar-refractivity contribution in [1.29, 1.82) is 0 Å². The minimum Gasteiger partial charge on any atom is -0.391 e. The van der Waals surface area contributed by atoms with Crippen molar-refractivity contribution in [2.45, 2.75) is 57.3 Å². The molecule has 8 heteroatoms. The standard InChI is InChI=1S/C19H26N4O4/c1-10(2)12-4-6-13(7-5-12)20-19(27)21-14-8-15-17(25)22-16(11(3)24)18(26)23(15)9-14/h4-7,10-11,14-16,24H,8-9H2,1-3H3,(H,22,25)(H2,20,21,27)/t11-,14-,15-,16+/m0/s1. The highest BCUT2D eigenvalue weighted by atomic mass is 16.3. The zero-order chi connectivity index (χ0) is 19.7. The molecule has 2 aliphatic heterocycles. The van der Waals surface area contributed by atoms with Crippen LogP contribution in [-0.4, -0.2) is 58.6 Å². The molecule has 8 nitrogen and oxygen atoms in total. The quantitative estimate of drug-likeness (QED) is 0.624. The number of rotatable bonds is 4. The third kappa shape index (κ3) is 4.05. The molecule has 0 radical (unpaired) electrons. The van der Waals surface area contributed by atoms with Gasteiger partial charge >= 0.3 is 6.03 Å². The van der Waals surface area contributed by atoms with Crippen molar-refractivity contribution < 1.29 is 19.5 Å². The monoisotopic (exact) mass is 374 g/mol. The number of urea groups is 1. The van der Waals surface area contributed by atoms with E-state index in [-0.39, 0.29) is 30.4 Å². The number of aliphatic hydroxyl groups excluding tert-OH is 1. The highest BCUT2D eigenvalue weighted by Crippen LogP contribution is 2.24. The highest BCUT2D eigenvalue weighted by Gasteiger charge is 2.47. The van der Waals surface area contributed by atoms with E-state index in [9.17, 15) is 19.5 Å². The van der Waals surface area contributed by atoms with Crippen molar-refractivity contribution in [2.24, 2.45) is 0 Å². The zero-order valence-electron chi connectivity index (χ0n) is 15.7. The lowest BCUT2D eigenvalue weighted by Crippen LogP contribution is -2.64. The van der Waals surface area contributed by atoms with Crippen LogP contribution in [0.3, 0.4) is 0 Å². The van der Waals surface area contributed by atoms with Gasteiger partial charge < -0.3 is 26.0 Å². The van der Waals surface area contributed by atoms with E-state index in [2.05, 4.69) is 29.8 Å². The van der Waals surface area contributed by atoms with Gasteiger partial charge in [0.25, 0.3) is 0 Å². The maximum atomic E-state index is 12.4. The molecule has 0 unspecified atom stereocenters. The van der Waals surface area contributed by atoms with Crippen LogP contribution in [0.5, 0.6) is 0 Å². The summed E-state index contributed by atoms with van der Waals surface area (Å²) >= 11 is 0. The molecule has 0 saturated carbocycles. The molecule has 1 aromatic rings. The summed E-state index contributed by atoms with van der Waals surface area (Å²) in [6.45, 7) is 5.92. The van der Waals surface area contributed by atoms with Gasteiger partial charge in [-0.1, -0.05) is 26.0 Å². The topological polar surface area (TPSA) is 111 Å². The molecule has 3 rings (SSSR count). The third-order valence-corrected chi connectivity index (χ3v) is 5.10. The smallest absolute Gasteiger partial charge is 0.319 e. The van der Waals surface area contributed by atoms with Crippen LogP contribution in [0.1, 0.15) is 38.7 Å². The van der Waals surface area contributed by atoms with E-state index in [4.69, 9.17) is 0 Å². The number of hydrogen-bond acceptors (Lipinski definition) is 4. The minimum absolute atomic E-state index is 0.250. The lowest BCUT2D eigenvalue weighted by molar-refractivity contribution is -0.149. The van der Waals surface area contributed by atoms with Gasteiger partial charge in [-0.05, 0) is 37.0 Å². The molecule has 0 bridgehead atoms. The van der Waals surface area contributed by atoms with Gasteiger partial charge in [-0.3, -0.25) is 9.59 Å². The first-order valence-corrected chi connectivity index (χ1v) is 9.22. The summed E-state index contributed by atoms with van der Waals surface area (Å²) in [5, 5.41) is 17.8. The van der Waals surface area contributed by atoms with Crippen LogP contribution in [-0.2, 0) is 9.59 Å². The number of piperazine rings is 1.